The van der Waals surface area contributed by atoms with Crippen LogP contribution in [0.5, 0.6) is 0 Å². The van der Waals surface area contributed by atoms with Gasteiger partial charge < -0.3 is 64.9 Å². The molecule has 9 N–H and O–H groups in total. The highest BCUT2D eigenvalue weighted by Crippen LogP contribution is 2.75. The summed E-state index contributed by atoms with van der Waals surface area (Å²) < 4.78 is 24.3. The van der Waals surface area contributed by atoms with Crippen molar-refractivity contribution in [3.63, 3.8) is 0 Å². The van der Waals surface area contributed by atoms with E-state index in [4.69, 9.17) is 18.9 Å². The Morgan fingerprint density at radius 1 is 0.745 bits per heavy atom. The van der Waals surface area contributed by atoms with Crippen LogP contribution < -0.4 is 0 Å². The monoisotopic (exact) mass is 784 g/mol. The molecule has 2 aliphatic heterocycles. The van der Waals surface area contributed by atoms with Gasteiger partial charge in [0.15, 0.2) is 12.6 Å². The first kappa shape index (κ1) is 43.8. The lowest BCUT2D eigenvalue weighted by atomic mass is 9.37. The van der Waals surface area contributed by atoms with E-state index in [1.165, 1.54) is 5.57 Å². The van der Waals surface area contributed by atoms with Crippen LogP contribution in [-0.4, -0.2) is 138 Å². The number of aliphatic hydroxyl groups excluding tert-OH is 8. The Hall–Kier alpha value is -0.780. The fourth-order valence-electron chi connectivity index (χ4n) is 13.3. The van der Waals surface area contributed by atoms with E-state index in [1.807, 2.05) is 6.92 Å². The van der Waals surface area contributed by atoms with E-state index in [-0.39, 0.29) is 28.6 Å². The van der Waals surface area contributed by atoms with Gasteiger partial charge in [-0.3, -0.25) is 0 Å². The largest absolute Gasteiger partial charge is 0.394 e. The van der Waals surface area contributed by atoms with Crippen LogP contribution in [-0.2, 0) is 18.9 Å². The van der Waals surface area contributed by atoms with Crippen LogP contribution in [0.4, 0.5) is 0 Å². The molecule has 0 aromatic rings. The Labute approximate surface area is 327 Å². The van der Waals surface area contributed by atoms with Crippen LogP contribution in [0.2, 0.25) is 0 Å². The van der Waals surface area contributed by atoms with Gasteiger partial charge in [-0.1, -0.05) is 46.3 Å². The smallest absolute Gasteiger partial charge is 0.187 e. The second-order valence-electron chi connectivity index (χ2n) is 20.1. The average molecular weight is 785 g/mol. The lowest BCUT2D eigenvalue weighted by Gasteiger charge is -2.69. The molecule has 4 saturated carbocycles. The molecule has 20 atom stereocenters. The van der Waals surface area contributed by atoms with Gasteiger partial charge in [-0.15, -0.1) is 0 Å². The molecule has 318 valence electrons. The predicted octanol–water partition coefficient (Wildman–Crippen LogP) is 2.15. The molecule has 2 heterocycles. The van der Waals surface area contributed by atoms with Gasteiger partial charge in [-0.25, -0.2) is 0 Å². The van der Waals surface area contributed by atoms with Crippen molar-refractivity contribution in [2.75, 3.05) is 13.2 Å². The summed E-state index contributed by atoms with van der Waals surface area (Å²) in [5, 5.41) is 97.6. The topological polar surface area (TPSA) is 219 Å². The number of allylic oxidation sites excluding steroid dienone is 2. The van der Waals surface area contributed by atoms with Gasteiger partial charge in [0.2, 0.25) is 0 Å². The fourth-order valence-corrected chi connectivity index (χ4v) is 13.3. The molecule has 0 spiro atoms. The molecule has 6 rings (SSSR count). The zero-order valence-electron chi connectivity index (χ0n) is 34.3. The van der Waals surface area contributed by atoms with E-state index in [1.54, 1.807) is 0 Å². The summed E-state index contributed by atoms with van der Waals surface area (Å²) >= 11 is 0. The SMILES string of the molecule is CC(C)=CCC[C@](C)(O)[C@H]1CC[C@@]2(C)[C@@H]3CC[C@H]4C(C)(C)[C@H](O[C@H]5O[C@H](CO)[C@@H](O)[C@@H](O)[C@H]5O[C@H]5O[C@H](CO)[C@@H](O)[C@@H](O)[C@H]5O)CC[C@]4(C)[C@H]3C[C@H](O)[C@]12C. The van der Waals surface area contributed by atoms with Gasteiger partial charge in [-0.05, 0) is 118 Å². The molecule has 4 aliphatic carbocycles. The minimum atomic E-state index is -1.75. The number of fused-ring (bicyclic) bond motifs is 5. The summed E-state index contributed by atoms with van der Waals surface area (Å²) in [4.78, 5) is 0. The summed E-state index contributed by atoms with van der Waals surface area (Å²) in [6.07, 6.45) is -6.47. The molecule has 13 heteroatoms. The van der Waals surface area contributed by atoms with Gasteiger partial charge in [0.1, 0.15) is 48.8 Å². The molecule has 6 fully saturated rings. The number of hydrogen-bond donors (Lipinski definition) is 9. The van der Waals surface area contributed by atoms with Crippen LogP contribution in [0.3, 0.4) is 0 Å². The molecule has 0 radical (unpaired) electrons. The molecule has 13 nitrogen and oxygen atoms in total. The van der Waals surface area contributed by atoms with Gasteiger partial charge in [0, 0.05) is 5.41 Å². The van der Waals surface area contributed by atoms with Crippen molar-refractivity contribution in [2.45, 2.75) is 192 Å². The first-order valence-electron chi connectivity index (χ1n) is 20.9. The van der Waals surface area contributed by atoms with Crippen molar-refractivity contribution in [3.8, 4) is 0 Å². The third kappa shape index (κ3) is 7.10. The quantitative estimate of drug-likeness (QED) is 0.115. The van der Waals surface area contributed by atoms with Crippen molar-refractivity contribution in [2.24, 2.45) is 45.3 Å². The molecule has 0 aromatic heterocycles. The third-order valence-electron chi connectivity index (χ3n) is 16.7. The van der Waals surface area contributed by atoms with Crippen LogP contribution >= 0.6 is 0 Å². The molecule has 0 unspecified atom stereocenters. The molecule has 0 amide bonds. The first-order chi connectivity index (χ1) is 25.6. The van der Waals surface area contributed by atoms with Crippen LogP contribution in [0.25, 0.3) is 0 Å². The summed E-state index contributed by atoms with van der Waals surface area (Å²) in [6.45, 7) is 16.3. The Morgan fingerprint density at radius 3 is 1.98 bits per heavy atom. The maximum atomic E-state index is 12.3. The number of rotatable bonds is 10. The van der Waals surface area contributed by atoms with Crippen LogP contribution in [0, 0.1) is 45.3 Å². The van der Waals surface area contributed by atoms with E-state index >= 15 is 0 Å². The zero-order valence-corrected chi connectivity index (χ0v) is 34.3. The highest BCUT2D eigenvalue weighted by atomic mass is 16.8. The van der Waals surface area contributed by atoms with Gasteiger partial charge in [-0.2, -0.15) is 0 Å². The molecule has 0 bridgehead atoms. The summed E-state index contributed by atoms with van der Waals surface area (Å²) in [5.41, 5.74) is -0.772. The highest BCUT2D eigenvalue weighted by Gasteiger charge is 2.72. The number of aliphatic hydroxyl groups is 9. The molecule has 2 saturated heterocycles. The maximum absolute atomic E-state index is 12.3. The number of hydrogen-bond acceptors (Lipinski definition) is 13. The van der Waals surface area contributed by atoms with Gasteiger partial charge >= 0.3 is 0 Å². The summed E-state index contributed by atoms with van der Waals surface area (Å²) in [6, 6.07) is 0. The Balaban J connectivity index is 1.22. The molecule has 6 aliphatic rings. The molecule has 0 aromatic carbocycles. The maximum Gasteiger partial charge on any atom is 0.187 e. The minimum absolute atomic E-state index is 0.0112. The van der Waals surface area contributed by atoms with Crippen molar-refractivity contribution in [3.05, 3.63) is 11.6 Å². The van der Waals surface area contributed by atoms with Crippen LogP contribution in [0.15, 0.2) is 11.6 Å². The van der Waals surface area contributed by atoms with E-state index < -0.39 is 103 Å². The zero-order chi connectivity index (χ0) is 40.6. The second-order valence-corrected chi connectivity index (χ2v) is 20.1. The second kappa shape index (κ2) is 15.7. The minimum Gasteiger partial charge on any atom is -0.394 e. The van der Waals surface area contributed by atoms with Crippen molar-refractivity contribution >= 4 is 0 Å². The van der Waals surface area contributed by atoms with Crippen LogP contribution in [0.1, 0.15) is 113 Å². The standard InChI is InChI=1S/C42H72O13/c1-21(2)10-9-15-41(7,51)27-13-17-40(6)22-11-12-26-38(3,4)29(14-16-39(26,5)23(22)18-28(45)42(27,40)8)54-37-35(33(49)31(47)25(20-44)53-37)55-36-34(50)32(48)30(46)24(19-43)52-36/h10,22-37,43-51H,9,11-20H2,1-8H3/t22-,23+,24-,25-,26+,27-,28+,29-,30-,31-,32-,33-,34-,35-,36-,37-,39-,40+,41+,42+/m1/s1. The average Bonchev–Trinajstić information content (AvgIpc) is 3.42. The van der Waals surface area contributed by atoms with E-state index in [9.17, 15) is 46.0 Å². The first-order valence-corrected chi connectivity index (χ1v) is 20.9. The Bertz CT molecular complexity index is 1370. The normalized spacial score (nSPS) is 52.0. The fraction of sp³-hybridized carbons (Fsp3) is 0.952. The molecule has 55 heavy (non-hydrogen) atoms. The van der Waals surface area contributed by atoms with Crippen molar-refractivity contribution in [1.82, 2.24) is 0 Å². The summed E-state index contributed by atoms with van der Waals surface area (Å²) in [7, 11) is 0. The van der Waals surface area contributed by atoms with E-state index in [2.05, 4.69) is 54.5 Å². The van der Waals surface area contributed by atoms with E-state index in [0.717, 1.165) is 38.5 Å². The Morgan fingerprint density at radius 2 is 1.36 bits per heavy atom. The van der Waals surface area contributed by atoms with E-state index in [0.29, 0.717) is 25.2 Å². The lowest BCUT2D eigenvalue weighted by molar-refractivity contribution is -0.378. The highest BCUT2D eigenvalue weighted by molar-refractivity contribution is 5.20. The molecular weight excluding hydrogens is 712 g/mol. The van der Waals surface area contributed by atoms with Crippen molar-refractivity contribution in [1.29, 1.82) is 0 Å². The Kier molecular flexibility index (Phi) is 12.5. The van der Waals surface area contributed by atoms with Crippen molar-refractivity contribution < 1.29 is 64.9 Å². The van der Waals surface area contributed by atoms with Gasteiger partial charge in [0.05, 0.1) is 31.0 Å². The number of ether oxygens (including phenoxy) is 4. The third-order valence-corrected chi connectivity index (χ3v) is 16.7. The predicted molar refractivity (Wildman–Crippen MR) is 201 cm³/mol. The lowest BCUT2D eigenvalue weighted by Crippen LogP contribution is -2.67. The summed E-state index contributed by atoms with van der Waals surface area (Å²) in [5.74, 6) is 0.830. The molecular formula is C42H72O13. The van der Waals surface area contributed by atoms with Gasteiger partial charge in [0.25, 0.3) is 0 Å².